The normalized spacial score (nSPS) is 12.3. The minimum Gasteiger partial charge on any atom is -0.546 e. The van der Waals surface area contributed by atoms with Crippen molar-refractivity contribution in [2.24, 2.45) is 0 Å². The third-order valence-electron chi connectivity index (χ3n) is 3.71. The maximum Gasteiger partial charge on any atom is 0.140 e. The fourth-order valence-corrected chi connectivity index (χ4v) is 3.82. The number of hydrogen-bond acceptors (Lipinski definition) is 4. The van der Waals surface area contributed by atoms with Gasteiger partial charge in [-0.25, -0.2) is 4.39 Å². The second-order valence-electron chi connectivity index (χ2n) is 5.22. The van der Waals surface area contributed by atoms with Gasteiger partial charge in [-0.2, -0.15) is 0 Å². The smallest absolute Gasteiger partial charge is 0.140 e. The number of rotatable bonds is 5. The lowest BCUT2D eigenvalue weighted by atomic mass is 10.0. The Bertz CT molecular complexity index is 906. The van der Waals surface area contributed by atoms with E-state index in [2.05, 4.69) is 0 Å². The molecule has 6 heteroatoms. The largest absolute Gasteiger partial charge is 0.546 e. The van der Waals surface area contributed by atoms with E-state index in [1.165, 1.54) is 17.4 Å². The zero-order valence-electron chi connectivity index (χ0n) is 12.7. The molecule has 0 fully saturated rings. The Balaban J connectivity index is 2.06. The predicted octanol–water partition coefficient (Wildman–Crippen LogP) is 4.27. The summed E-state index contributed by atoms with van der Waals surface area (Å²) in [6, 6.07) is 9.88. The Hall–Kier alpha value is -2.11. The number of fused-ring (bicyclic) bond motifs is 1. The number of carbonyl (C=O) groups excluding carboxylic acids is 1. The summed E-state index contributed by atoms with van der Waals surface area (Å²) in [4.78, 5) is 11.0. The molecule has 3 rings (SSSR count). The molecule has 1 aromatic heterocycles. The molecule has 24 heavy (non-hydrogen) atoms. The molecule has 0 N–H and O–H groups in total. The number of halogens is 2. The number of carboxylic acids is 1. The van der Waals surface area contributed by atoms with Crippen LogP contribution in [-0.4, -0.2) is 12.1 Å². The van der Waals surface area contributed by atoms with Crippen LogP contribution in [0.25, 0.3) is 21.2 Å². The van der Waals surface area contributed by atoms with E-state index in [0.717, 1.165) is 15.6 Å². The molecule has 1 heterocycles. The van der Waals surface area contributed by atoms with E-state index in [9.17, 15) is 14.3 Å². The van der Waals surface area contributed by atoms with Crippen molar-refractivity contribution in [1.29, 1.82) is 0 Å². The predicted molar refractivity (Wildman–Crippen MR) is 91.9 cm³/mol. The molecule has 1 atom stereocenters. The van der Waals surface area contributed by atoms with Crippen molar-refractivity contribution in [3.05, 3.63) is 52.6 Å². The summed E-state index contributed by atoms with van der Waals surface area (Å²) in [6.07, 6.45) is -0.798. The van der Waals surface area contributed by atoms with Crippen molar-refractivity contribution < 1.29 is 19.0 Å². The van der Waals surface area contributed by atoms with Gasteiger partial charge >= 0.3 is 0 Å². The van der Waals surface area contributed by atoms with Gasteiger partial charge in [0, 0.05) is 16.5 Å². The lowest BCUT2D eigenvalue weighted by molar-refractivity contribution is -0.313. The zero-order chi connectivity index (χ0) is 17.3. The van der Waals surface area contributed by atoms with Crippen LogP contribution in [-0.2, 0) is 4.79 Å². The minimum atomic E-state index is -1.29. The first-order chi connectivity index (χ1) is 11.5. The van der Waals surface area contributed by atoms with E-state index in [1.807, 2.05) is 5.38 Å². The van der Waals surface area contributed by atoms with Gasteiger partial charge in [-0.05, 0) is 30.0 Å². The van der Waals surface area contributed by atoms with Crippen LogP contribution >= 0.6 is 22.9 Å². The third-order valence-corrected chi connectivity index (χ3v) is 5.21. The zero-order valence-corrected chi connectivity index (χ0v) is 14.3. The number of ether oxygens (including phenoxy) is 1. The lowest BCUT2D eigenvalue weighted by Gasteiger charge is -2.19. The van der Waals surface area contributed by atoms with Gasteiger partial charge in [0.1, 0.15) is 22.7 Å². The fourth-order valence-electron chi connectivity index (χ4n) is 2.48. The number of carboxylic acid groups (broad SMARTS) is 1. The van der Waals surface area contributed by atoms with Gasteiger partial charge in [0.25, 0.3) is 0 Å². The van der Waals surface area contributed by atoms with Gasteiger partial charge in [-0.3, -0.25) is 0 Å². The first kappa shape index (κ1) is 16.7. The topological polar surface area (TPSA) is 49.4 Å². The van der Waals surface area contributed by atoms with E-state index in [4.69, 9.17) is 16.3 Å². The monoisotopic (exact) mass is 363 g/mol. The molecule has 124 valence electrons. The number of carbonyl (C=O) groups is 1. The Morgan fingerprint density at radius 1 is 1.29 bits per heavy atom. The van der Waals surface area contributed by atoms with Gasteiger partial charge < -0.3 is 14.6 Å². The van der Waals surface area contributed by atoms with E-state index in [1.54, 1.807) is 37.3 Å². The molecule has 0 bridgehead atoms. The maximum absolute atomic E-state index is 14.0. The van der Waals surface area contributed by atoms with Gasteiger partial charge in [0.2, 0.25) is 0 Å². The average Bonchev–Trinajstić information content (AvgIpc) is 2.99. The van der Waals surface area contributed by atoms with E-state index in [0.29, 0.717) is 10.6 Å². The molecule has 1 unspecified atom stereocenters. The molecule has 0 aliphatic rings. The Labute approximate surface area is 147 Å². The van der Waals surface area contributed by atoms with Crippen molar-refractivity contribution in [3.63, 3.8) is 0 Å². The quantitative estimate of drug-likeness (QED) is 0.680. The Kier molecular flexibility index (Phi) is 4.73. The van der Waals surface area contributed by atoms with Crippen LogP contribution in [0.4, 0.5) is 4.39 Å². The highest BCUT2D eigenvalue weighted by molar-refractivity contribution is 7.18. The standard InChI is InChI=1S/C18H14ClFO3S/c1-2-14(18(21)22)23-15-8-7-11-12(9-24-17(11)16(15)19)10-5-3-4-6-13(10)20/h3-9,14H,2H2,1H3,(H,21,22)/p-1. The first-order valence-corrected chi connectivity index (χ1v) is 8.60. The Morgan fingerprint density at radius 2 is 2.04 bits per heavy atom. The summed E-state index contributed by atoms with van der Waals surface area (Å²) in [7, 11) is 0. The summed E-state index contributed by atoms with van der Waals surface area (Å²) in [6.45, 7) is 1.69. The molecule has 3 aromatic rings. The molecular formula is C18H13ClFO3S-. The molecule has 0 saturated carbocycles. The molecule has 3 nitrogen and oxygen atoms in total. The summed E-state index contributed by atoms with van der Waals surface area (Å²) in [5, 5.41) is 14.0. The highest BCUT2D eigenvalue weighted by Gasteiger charge is 2.17. The van der Waals surface area contributed by atoms with Gasteiger partial charge in [-0.15, -0.1) is 11.3 Å². The van der Waals surface area contributed by atoms with Crippen molar-refractivity contribution >= 4 is 39.0 Å². The molecule has 0 aliphatic carbocycles. The number of thiophene rings is 1. The van der Waals surface area contributed by atoms with Crippen LogP contribution < -0.4 is 9.84 Å². The maximum atomic E-state index is 14.0. The van der Waals surface area contributed by atoms with Gasteiger partial charge in [-0.1, -0.05) is 36.7 Å². The highest BCUT2D eigenvalue weighted by Crippen LogP contribution is 2.42. The lowest BCUT2D eigenvalue weighted by Crippen LogP contribution is -2.39. The molecule has 2 aromatic carbocycles. The fraction of sp³-hybridized carbons (Fsp3) is 0.167. The average molecular weight is 364 g/mol. The summed E-state index contributed by atoms with van der Waals surface area (Å²) in [5.74, 6) is -1.31. The highest BCUT2D eigenvalue weighted by atomic mass is 35.5. The van der Waals surface area contributed by atoms with Gasteiger partial charge in [0.15, 0.2) is 0 Å². The molecule has 0 radical (unpaired) electrons. The molecule has 0 amide bonds. The minimum absolute atomic E-state index is 0.265. The van der Waals surface area contributed by atoms with Crippen molar-refractivity contribution in [2.45, 2.75) is 19.4 Å². The van der Waals surface area contributed by atoms with Crippen LogP contribution in [0.5, 0.6) is 5.75 Å². The van der Waals surface area contributed by atoms with Crippen molar-refractivity contribution in [3.8, 4) is 16.9 Å². The number of hydrogen-bond donors (Lipinski definition) is 0. The van der Waals surface area contributed by atoms with Crippen LogP contribution in [0.1, 0.15) is 13.3 Å². The van der Waals surface area contributed by atoms with E-state index >= 15 is 0 Å². The van der Waals surface area contributed by atoms with Crippen molar-refractivity contribution in [1.82, 2.24) is 0 Å². The third kappa shape index (κ3) is 2.97. The van der Waals surface area contributed by atoms with Crippen molar-refractivity contribution in [2.75, 3.05) is 0 Å². The van der Waals surface area contributed by atoms with Crippen LogP contribution in [0, 0.1) is 5.82 Å². The second-order valence-corrected chi connectivity index (χ2v) is 6.47. The van der Waals surface area contributed by atoms with Crippen LogP contribution in [0.3, 0.4) is 0 Å². The summed E-state index contributed by atoms with van der Waals surface area (Å²) in [5.41, 5.74) is 1.24. The Morgan fingerprint density at radius 3 is 2.71 bits per heavy atom. The number of benzene rings is 2. The van der Waals surface area contributed by atoms with E-state index < -0.39 is 12.1 Å². The second kappa shape index (κ2) is 6.79. The summed E-state index contributed by atoms with van der Waals surface area (Å²) >= 11 is 7.73. The van der Waals surface area contributed by atoms with E-state index in [-0.39, 0.29) is 18.0 Å². The SMILES string of the molecule is CCC(Oc1ccc2c(-c3ccccc3F)csc2c1Cl)C(=O)[O-]. The first-order valence-electron chi connectivity index (χ1n) is 7.35. The molecular weight excluding hydrogens is 351 g/mol. The van der Waals surface area contributed by atoms with Crippen LogP contribution in [0.15, 0.2) is 41.8 Å². The molecule has 0 spiro atoms. The molecule has 0 aliphatic heterocycles. The number of aliphatic carboxylic acids is 1. The summed E-state index contributed by atoms with van der Waals surface area (Å²) < 4.78 is 20.2. The van der Waals surface area contributed by atoms with Gasteiger partial charge in [0.05, 0.1) is 10.7 Å². The van der Waals surface area contributed by atoms with Crippen LogP contribution in [0.2, 0.25) is 5.02 Å². The molecule has 0 saturated heterocycles.